The quantitative estimate of drug-likeness (QED) is 0.600. The zero-order valence-corrected chi connectivity index (χ0v) is 14.1. The molecule has 1 aromatic rings. The second-order valence-corrected chi connectivity index (χ2v) is 7.59. The maximum atomic E-state index is 14.6. The molecule has 0 aliphatic heterocycles. The van der Waals surface area contributed by atoms with Gasteiger partial charge in [-0.05, 0) is 31.6 Å². The van der Waals surface area contributed by atoms with E-state index in [0.29, 0.717) is 0 Å². The predicted molar refractivity (Wildman–Crippen MR) is 84.1 cm³/mol. The number of sulfonamides is 1. The van der Waals surface area contributed by atoms with Crippen LogP contribution >= 0.6 is 0 Å². The number of benzene rings is 1. The number of hydrogen-bond acceptors (Lipinski definition) is 4. The molecule has 0 spiro atoms. The number of hydrogen-bond donors (Lipinski definition) is 3. The Kier molecular flexibility index (Phi) is 5.94. The first-order valence-corrected chi connectivity index (χ1v) is 9.35. The number of nitrogens with two attached hydrogens (primary N) is 1. The first kappa shape index (κ1) is 19.5. The summed E-state index contributed by atoms with van der Waals surface area (Å²) in [4.78, 5) is 9.06. The third kappa shape index (κ3) is 4.43. The highest BCUT2D eigenvalue weighted by Crippen LogP contribution is 2.34. The molecular weight excluding hydrogens is 361 g/mol. The van der Waals surface area contributed by atoms with Crippen LogP contribution in [0.4, 0.5) is 18.9 Å². The molecule has 1 aliphatic rings. The molecule has 0 atom stereocenters. The van der Waals surface area contributed by atoms with Crippen LogP contribution in [0.3, 0.4) is 0 Å². The molecule has 140 valence electrons. The van der Waals surface area contributed by atoms with Gasteiger partial charge in [0.2, 0.25) is 10.0 Å². The summed E-state index contributed by atoms with van der Waals surface area (Å²) < 4.78 is 65.8. The molecule has 4 N–H and O–H groups in total. The van der Waals surface area contributed by atoms with Gasteiger partial charge in [0.1, 0.15) is 0 Å². The molecule has 25 heavy (non-hydrogen) atoms. The van der Waals surface area contributed by atoms with Gasteiger partial charge in [-0.3, -0.25) is 4.79 Å². The Labute approximate surface area is 143 Å². The van der Waals surface area contributed by atoms with E-state index in [1.54, 1.807) is 0 Å². The third-order valence-electron chi connectivity index (χ3n) is 4.27. The summed E-state index contributed by atoms with van der Waals surface area (Å²) in [5, 5.41) is 16.1. The minimum absolute atomic E-state index is 0.0576. The average molecular weight is 380 g/mol. The molecule has 1 fully saturated rings. The van der Waals surface area contributed by atoms with E-state index in [2.05, 4.69) is 5.32 Å². The van der Waals surface area contributed by atoms with Crippen molar-refractivity contribution >= 4 is 21.7 Å². The molecule has 1 aromatic carbocycles. The fourth-order valence-electron chi connectivity index (χ4n) is 2.71. The van der Waals surface area contributed by atoms with Crippen LogP contribution in [0.1, 0.15) is 37.7 Å². The van der Waals surface area contributed by atoms with Crippen LogP contribution < -0.4 is 10.5 Å². The highest BCUT2D eigenvalue weighted by Gasteiger charge is 2.31. The van der Waals surface area contributed by atoms with Crippen molar-refractivity contribution in [3.05, 3.63) is 23.0 Å². The number of halogens is 3. The summed E-state index contributed by atoms with van der Waals surface area (Å²) in [5.74, 6) is -5.80. The number of aliphatic carboxylic acids is 1. The van der Waals surface area contributed by atoms with Gasteiger partial charge in [-0.15, -0.1) is 0 Å². The van der Waals surface area contributed by atoms with E-state index in [9.17, 15) is 26.4 Å². The fraction of sp³-hybridized carbons (Fsp3) is 0.533. The number of rotatable bonds is 8. The average Bonchev–Trinajstić information content (AvgIpc) is 2.43. The topological polar surface area (TPSA) is 109 Å². The van der Waals surface area contributed by atoms with Gasteiger partial charge in [0, 0.05) is 18.5 Å². The van der Waals surface area contributed by atoms with Crippen LogP contribution in [0.2, 0.25) is 0 Å². The molecule has 0 aromatic heterocycles. The normalized spacial score (nSPS) is 15.0. The molecular formula is C15H19F3N2O4S. The molecule has 1 saturated carbocycles. The van der Waals surface area contributed by atoms with Crippen molar-refractivity contribution in [3.8, 4) is 0 Å². The lowest BCUT2D eigenvalue weighted by Crippen LogP contribution is -2.24. The van der Waals surface area contributed by atoms with Crippen molar-refractivity contribution in [1.29, 1.82) is 0 Å². The smallest absolute Gasteiger partial charge is 0.303 e. The number of carboxylic acid groups (broad SMARTS) is 1. The molecule has 0 amide bonds. The fourth-order valence-corrected chi connectivity index (χ4v) is 3.40. The van der Waals surface area contributed by atoms with Crippen molar-refractivity contribution in [3.63, 3.8) is 0 Å². The molecule has 0 heterocycles. The van der Waals surface area contributed by atoms with Gasteiger partial charge in [0.25, 0.3) is 0 Å². The summed E-state index contributed by atoms with van der Waals surface area (Å²) in [6.07, 6.45) is 2.17. The molecule has 0 radical (unpaired) electrons. The van der Waals surface area contributed by atoms with Gasteiger partial charge in [0.05, 0.1) is 5.69 Å². The van der Waals surface area contributed by atoms with Crippen molar-refractivity contribution in [2.24, 2.45) is 11.1 Å². The van der Waals surface area contributed by atoms with Gasteiger partial charge in [-0.25, -0.2) is 26.7 Å². The first-order valence-electron chi connectivity index (χ1n) is 7.80. The lowest BCUT2D eigenvalue weighted by Gasteiger charge is -2.27. The number of anilines is 1. The zero-order chi connectivity index (χ0) is 18.8. The van der Waals surface area contributed by atoms with E-state index in [0.717, 1.165) is 19.3 Å². The van der Waals surface area contributed by atoms with Crippen LogP contribution in [0.25, 0.3) is 0 Å². The Morgan fingerprint density at radius 3 is 2.32 bits per heavy atom. The number of carboxylic acids is 1. The second kappa shape index (κ2) is 7.61. The molecule has 1 aliphatic carbocycles. The van der Waals surface area contributed by atoms with E-state index >= 15 is 0 Å². The van der Waals surface area contributed by atoms with Crippen molar-refractivity contribution < 1.29 is 31.5 Å². The lowest BCUT2D eigenvalue weighted by atomic mass is 9.85. The molecule has 6 nitrogen and oxygen atoms in total. The summed E-state index contributed by atoms with van der Waals surface area (Å²) >= 11 is 0. The predicted octanol–water partition coefficient (Wildman–Crippen LogP) is 2.37. The summed E-state index contributed by atoms with van der Waals surface area (Å²) in [6.45, 7) is 0.276. The van der Waals surface area contributed by atoms with Crippen LogP contribution in [0, 0.1) is 23.4 Å². The van der Waals surface area contributed by atoms with E-state index in [-0.39, 0.29) is 31.7 Å². The van der Waals surface area contributed by atoms with Gasteiger partial charge < -0.3 is 10.4 Å². The van der Waals surface area contributed by atoms with Gasteiger partial charge in [-0.1, -0.05) is 6.42 Å². The van der Waals surface area contributed by atoms with Gasteiger partial charge in [-0.2, -0.15) is 0 Å². The van der Waals surface area contributed by atoms with E-state index in [1.165, 1.54) is 0 Å². The SMILES string of the molecule is NS(=O)(=O)c1c(F)c(F)c(CCCC(=O)O)c(NCC2CCC2)c1F. The number of primary sulfonamides is 1. The first-order chi connectivity index (χ1) is 11.6. The molecule has 2 rings (SSSR count). The lowest BCUT2D eigenvalue weighted by molar-refractivity contribution is -0.137. The minimum atomic E-state index is -4.81. The van der Waals surface area contributed by atoms with Gasteiger partial charge in [0.15, 0.2) is 22.3 Å². The Morgan fingerprint density at radius 2 is 1.84 bits per heavy atom. The van der Waals surface area contributed by atoms with Crippen molar-refractivity contribution in [2.75, 3.05) is 11.9 Å². The van der Waals surface area contributed by atoms with Crippen LogP contribution in [-0.2, 0) is 21.2 Å². The maximum Gasteiger partial charge on any atom is 0.303 e. The summed E-state index contributed by atoms with van der Waals surface area (Å²) in [5.41, 5.74) is -0.886. The molecule has 0 saturated heterocycles. The van der Waals surface area contributed by atoms with E-state index < -0.39 is 49.6 Å². The van der Waals surface area contributed by atoms with E-state index in [1.807, 2.05) is 0 Å². The monoisotopic (exact) mass is 380 g/mol. The minimum Gasteiger partial charge on any atom is -0.481 e. The number of carbonyl (C=O) groups is 1. The molecule has 10 heteroatoms. The second-order valence-electron chi connectivity index (χ2n) is 6.09. The van der Waals surface area contributed by atoms with Crippen LogP contribution in [0.5, 0.6) is 0 Å². The summed E-state index contributed by atoms with van der Waals surface area (Å²) in [7, 11) is -4.81. The van der Waals surface area contributed by atoms with E-state index in [4.69, 9.17) is 10.2 Å². The molecule has 0 unspecified atom stereocenters. The Balaban J connectivity index is 2.44. The van der Waals surface area contributed by atoms with Gasteiger partial charge >= 0.3 is 5.97 Å². The van der Waals surface area contributed by atoms with Crippen molar-refractivity contribution in [1.82, 2.24) is 0 Å². The Bertz CT molecular complexity index is 780. The largest absolute Gasteiger partial charge is 0.481 e. The Morgan fingerprint density at radius 1 is 1.20 bits per heavy atom. The van der Waals surface area contributed by atoms with Crippen molar-refractivity contribution in [2.45, 2.75) is 43.4 Å². The molecule has 0 bridgehead atoms. The number of nitrogens with one attached hydrogen (secondary N) is 1. The standard InChI is InChI=1S/C15H19F3N2O4S/c16-11-9(5-2-6-10(21)22)14(20-7-8-3-1-4-8)13(18)15(12(11)17)25(19,23)24/h8,20H,1-7H2,(H,21,22)(H2,19,23,24). The maximum absolute atomic E-state index is 14.6. The van der Waals surface area contributed by atoms with Crippen LogP contribution in [-0.4, -0.2) is 26.0 Å². The van der Waals surface area contributed by atoms with Crippen LogP contribution in [0.15, 0.2) is 4.90 Å². The highest BCUT2D eigenvalue weighted by atomic mass is 32.2. The Hall–Kier alpha value is -1.81. The zero-order valence-electron chi connectivity index (χ0n) is 13.3. The summed E-state index contributed by atoms with van der Waals surface area (Å²) in [6, 6.07) is 0. The third-order valence-corrected chi connectivity index (χ3v) is 5.20. The highest BCUT2D eigenvalue weighted by molar-refractivity contribution is 7.89.